The maximum absolute atomic E-state index is 12.0. The second-order valence-electron chi connectivity index (χ2n) is 5.82. The number of hydrogen-bond donors (Lipinski definition) is 1. The van der Waals surface area contributed by atoms with Crippen LogP contribution in [0.4, 0.5) is 0 Å². The van der Waals surface area contributed by atoms with Crippen molar-refractivity contribution in [2.24, 2.45) is 11.1 Å². The number of carbonyl (C=O) groups is 1. The summed E-state index contributed by atoms with van der Waals surface area (Å²) in [6.45, 7) is 7.10. The van der Waals surface area contributed by atoms with E-state index in [1.807, 2.05) is 26.8 Å². The molecule has 20 heavy (non-hydrogen) atoms. The highest BCUT2D eigenvalue weighted by atomic mass is 35.5. The topological polar surface area (TPSA) is 55.6 Å². The minimum atomic E-state index is -0.0960. The third kappa shape index (κ3) is 5.02. The Bertz CT molecular complexity index is 475. The Hall–Kier alpha value is -1.26. The first-order valence-corrected chi connectivity index (χ1v) is 6.96. The maximum Gasteiger partial charge on any atom is 0.260 e. The average molecular weight is 299 g/mol. The molecule has 1 aromatic rings. The van der Waals surface area contributed by atoms with E-state index < -0.39 is 0 Å². The summed E-state index contributed by atoms with van der Waals surface area (Å²) in [4.78, 5) is 13.6. The van der Waals surface area contributed by atoms with Crippen molar-refractivity contribution < 1.29 is 9.53 Å². The van der Waals surface area contributed by atoms with Crippen molar-refractivity contribution in [1.82, 2.24) is 4.90 Å². The van der Waals surface area contributed by atoms with Gasteiger partial charge >= 0.3 is 0 Å². The highest BCUT2D eigenvalue weighted by Crippen LogP contribution is 2.21. The fourth-order valence-electron chi connectivity index (χ4n) is 1.76. The lowest BCUT2D eigenvalue weighted by Crippen LogP contribution is -2.41. The molecule has 0 fully saturated rings. The van der Waals surface area contributed by atoms with E-state index in [0.29, 0.717) is 23.9 Å². The number of nitrogens with zero attached hydrogens (tertiary/aromatic N) is 1. The van der Waals surface area contributed by atoms with E-state index in [0.717, 1.165) is 5.56 Å². The second kappa shape index (κ2) is 6.95. The minimum Gasteiger partial charge on any atom is -0.484 e. The molecule has 1 amide bonds. The second-order valence-corrected chi connectivity index (χ2v) is 6.23. The molecular weight excluding hydrogens is 276 g/mol. The van der Waals surface area contributed by atoms with Crippen LogP contribution in [0.1, 0.15) is 19.4 Å². The largest absolute Gasteiger partial charge is 0.484 e. The average Bonchev–Trinajstić information content (AvgIpc) is 2.39. The molecule has 2 N–H and O–H groups in total. The van der Waals surface area contributed by atoms with Gasteiger partial charge in [-0.3, -0.25) is 4.79 Å². The number of carbonyl (C=O) groups excluding carboxylic acids is 1. The van der Waals surface area contributed by atoms with E-state index in [1.165, 1.54) is 0 Å². The molecule has 0 radical (unpaired) electrons. The fraction of sp³-hybridized carbons (Fsp3) is 0.533. The number of benzene rings is 1. The number of likely N-dealkylation sites (N-methyl/N-ethyl adjacent to an activating group) is 1. The van der Waals surface area contributed by atoms with Gasteiger partial charge in [-0.2, -0.15) is 0 Å². The molecule has 5 heteroatoms. The number of hydrogen-bond acceptors (Lipinski definition) is 3. The molecule has 0 heterocycles. The first-order chi connectivity index (χ1) is 9.25. The molecule has 1 rings (SSSR count). The summed E-state index contributed by atoms with van der Waals surface area (Å²) < 4.78 is 5.49. The Balaban J connectivity index is 2.52. The quantitative estimate of drug-likeness (QED) is 0.878. The summed E-state index contributed by atoms with van der Waals surface area (Å²) in [5.74, 6) is 0.575. The van der Waals surface area contributed by atoms with Gasteiger partial charge in [-0.05, 0) is 42.6 Å². The first-order valence-electron chi connectivity index (χ1n) is 6.58. The lowest BCUT2D eigenvalue weighted by atomic mass is 9.93. The third-order valence-corrected chi connectivity index (χ3v) is 3.56. The van der Waals surface area contributed by atoms with Crippen LogP contribution in [-0.4, -0.2) is 37.6 Å². The molecule has 0 saturated heterocycles. The smallest absolute Gasteiger partial charge is 0.260 e. The molecule has 0 aliphatic rings. The highest BCUT2D eigenvalue weighted by molar-refractivity contribution is 6.31. The van der Waals surface area contributed by atoms with E-state index in [2.05, 4.69) is 0 Å². The van der Waals surface area contributed by atoms with E-state index in [9.17, 15) is 4.79 Å². The van der Waals surface area contributed by atoms with Gasteiger partial charge in [0.25, 0.3) is 5.91 Å². The van der Waals surface area contributed by atoms with Gasteiger partial charge in [-0.25, -0.2) is 0 Å². The van der Waals surface area contributed by atoms with Crippen molar-refractivity contribution in [3.05, 3.63) is 28.8 Å². The van der Waals surface area contributed by atoms with Gasteiger partial charge in [0.05, 0.1) is 0 Å². The lowest BCUT2D eigenvalue weighted by molar-refractivity contribution is -0.133. The van der Waals surface area contributed by atoms with Crippen molar-refractivity contribution in [1.29, 1.82) is 0 Å². The minimum absolute atomic E-state index is 0.0121. The first kappa shape index (κ1) is 16.8. The zero-order valence-electron chi connectivity index (χ0n) is 12.6. The Morgan fingerprint density at radius 1 is 1.45 bits per heavy atom. The molecule has 0 aliphatic heterocycles. The van der Waals surface area contributed by atoms with Crippen LogP contribution in [-0.2, 0) is 4.79 Å². The molecule has 0 spiro atoms. The van der Waals surface area contributed by atoms with Crippen molar-refractivity contribution >= 4 is 17.5 Å². The van der Waals surface area contributed by atoms with Crippen LogP contribution in [0.2, 0.25) is 5.02 Å². The highest BCUT2D eigenvalue weighted by Gasteiger charge is 2.21. The summed E-state index contributed by atoms with van der Waals surface area (Å²) in [6.07, 6.45) is 0. The number of halogens is 1. The molecule has 0 aromatic heterocycles. The van der Waals surface area contributed by atoms with Crippen molar-refractivity contribution in [3.8, 4) is 5.75 Å². The van der Waals surface area contributed by atoms with Gasteiger partial charge in [-0.15, -0.1) is 0 Å². The number of amides is 1. The number of ether oxygens (including phenoxy) is 1. The van der Waals surface area contributed by atoms with Crippen LogP contribution >= 0.6 is 11.6 Å². The summed E-state index contributed by atoms with van der Waals surface area (Å²) in [5, 5.41) is 0.686. The van der Waals surface area contributed by atoms with Crippen molar-refractivity contribution in [2.75, 3.05) is 26.7 Å². The molecule has 0 saturated carbocycles. The van der Waals surface area contributed by atoms with Crippen molar-refractivity contribution in [3.63, 3.8) is 0 Å². The van der Waals surface area contributed by atoms with Crippen LogP contribution < -0.4 is 10.5 Å². The third-order valence-electron chi connectivity index (χ3n) is 3.14. The fourth-order valence-corrected chi connectivity index (χ4v) is 1.87. The molecular formula is C15H23ClN2O2. The Morgan fingerprint density at radius 2 is 2.10 bits per heavy atom. The number of aryl methyl sites for hydroxylation is 1. The van der Waals surface area contributed by atoms with E-state index >= 15 is 0 Å². The lowest BCUT2D eigenvalue weighted by Gasteiger charge is -2.29. The monoisotopic (exact) mass is 298 g/mol. The Labute approximate surface area is 125 Å². The molecule has 0 atom stereocenters. The zero-order valence-corrected chi connectivity index (χ0v) is 13.3. The standard InChI is InChI=1S/C15H23ClN2O2/c1-11-7-12(5-6-13(11)16)20-8-14(19)18(4)10-15(2,3)9-17/h5-7H,8-10,17H2,1-4H3. The van der Waals surface area contributed by atoms with Gasteiger partial charge in [0.1, 0.15) is 5.75 Å². The van der Waals surface area contributed by atoms with Crippen molar-refractivity contribution in [2.45, 2.75) is 20.8 Å². The summed E-state index contributed by atoms with van der Waals surface area (Å²) in [7, 11) is 1.76. The summed E-state index contributed by atoms with van der Waals surface area (Å²) in [5.41, 5.74) is 6.50. The Kier molecular flexibility index (Phi) is 5.84. The molecule has 112 valence electrons. The summed E-state index contributed by atoms with van der Waals surface area (Å²) >= 11 is 5.94. The molecule has 0 unspecified atom stereocenters. The van der Waals surface area contributed by atoms with Gasteiger partial charge < -0.3 is 15.4 Å². The molecule has 0 bridgehead atoms. The van der Waals surface area contributed by atoms with Gasteiger partial charge in [-0.1, -0.05) is 25.4 Å². The predicted octanol–water partition coefficient (Wildman–Crippen LogP) is 2.47. The van der Waals surface area contributed by atoms with Gasteiger partial charge in [0, 0.05) is 18.6 Å². The SMILES string of the molecule is Cc1cc(OCC(=O)N(C)CC(C)(C)CN)ccc1Cl. The van der Waals surface area contributed by atoms with Crippen LogP contribution in [0.15, 0.2) is 18.2 Å². The maximum atomic E-state index is 12.0. The molecule has 0 aliphatic carbocycles. The van der Waals surface area contributed by atoms with Gasteiger partial charge in [0.2, 0.25) is 0 Å². The summed E-state index contributed by atoms with van der Waals surface area (Å²) in [6, 6.07) is 5.34. The molecule has 1 aromatic carbocycles. The normalized spacial score (nSPS) is 11.3. The van der Waals surface area contributed by atoms with Crippen LogP contribution in [0.25, 0.3) is 0 Å². The number of nitrogens with two attached hydrogens (primary N) is 1. The Morgan fingerprint density at radius 3 is 2.65 bits per heavy atom. The predicted molar refractivity (Wildman–Crippen MR) is 82.2 cm³/mol. The van der Waals surface area contributed by atoms with E-state index in [1.54, 1.807) is 24.1 Å². The van der Waals surface area contributed by atoms with E-state index in [-0.39, 0.29) is 17.9 Å². The van der Waals surface area contributed by atoms with Crippen LogP contribution in [0.3, 0.4) is 0 Å². The zero-order chi connectivity index (χ0) is 15.3. The number of rotatable bonds is 6. The molecule has 4 nitrogen and oxygen atoms in total. The van der Waals surface area contributed by atoms with E-state index in [4.69, 9.17) is 22.1 Å². The van der Waals surface area contributed by atoms with Gasteiger partial charge in [0.15, 0.2) is 6.61 Å². The van der Waals surface area contributed by atoms with Crippen LogP contribution in [0, 0.1) is 12.3 Å². The van der Waals surface area contributed by atoms with Crippen LogP contribution in [0.5, 0.6) is 5.75 Å².